The van der Waals surface area contributed by atoms with Crippen LogP contribution in [-0.4, -0.2) is 94.2 Å². The van der Waals surface area contributed by atoms with E-state index in [4.69, 9.17) is 5.73 Å². The average molecular weight is 524 g/mol. The highest BCUT2D eigenvalue weighted by molar-refractivity contribution is 6.32. The first-order valence-electron chi connectivity index (χ1n) is 12.2. The predicted octanol–water partition coefficient (Wildman–Crippen LogP) is -0.677. The number of aromatic hydroxyl groups is 1. The van der Waals surface area contributed by atoms with Gasteiger partial charge in [0.05, 0.1) is 23.2 Å². The second-order valence-electron chi connectivity index (χ2n) is 10.8. The Morgan fingerprint density at radius 3 is 2.39 bits per heavy atom. The number of hydrogen-bond acceptors (Lipinski definition) is 10. The number of anilines is 1. The molecular weight excluding hydrogens is 494 g/mol. The van der Waals surface area contributed by atoms with Gasteiger partial charge in [0.2, 0.25) is 5.91 Å². The fourth-order valence-corrected chi connectivity index (χ4v) is 6.66. The third-order valence-electron chi connectivity index (χ3n) is 8.31. The number of aliphatic hydroxyl groups is 1. The van der Waals surface area contributed by atoms with Crippen LogP contribution >= 0.6 is 0 Å². The number of H-pyrrole nitrogens is 1. The maximum Gasteiger partial charge on any atom is 0.235 e. The number of aromatic nitrogens is 2. The number of carbonyl (C=O) groups excluding carboxylic acids is 5. The maximum atomic E-state index is 14.0. The van der Waals surface area contributed by atoms with Crippen molar-refractivity contribution < 1.29 is 34.2 Å². The minimum Gasteiger partial charge on any atom is -0.506 e. The largest absolute Gasteiger partial charge is 0.506 e. The number of primary amides is 1. The van der Waals surface area contributed by atoms with Crippen LogP contribution < -0.4 is 10.6 Å². The van der Waals surface area contributed by atoms with E-state index in [9.17, 15) is 34.2 Å². The Morgan fingerprint density at radius 2 is 1.84 bits per heavy atom. The normalized spacial score (nSPS) is 30.6. The Labute approximate surface area is 217 Å². The Morgan fingerprint density at radius 1 is 1.16 bits per heavy atom. The molecule has 0 spiro atoms. The second-order valence-corrected chi connectivity index (χ2v) is 10.8. The van der Waals surface area contributed by atoms with Gasteiger partial charge < -0.3 is 20.8 Å². The number of nitrogens with zero attached hydrogens (tertiary/aromatic N) is 3. The molecule has 2 fully saturated rings. The van der Waals surface area contributed by atoms with Crippen molar-refractivity contribution in [3.8, 4) is 17.0 Å². The Bertz CT molecular complexity index is 1400. The van der Waals surface area contributed by atoms with E-state index in [-0.39, 0.29) is 24.2 Å². The first-order chi connectivity index (χ1) is 17.8. The molecule has 6 atom stereocenters. The summed E-state index contributed by atoms with van der Waals surface area (Å²) in [7, 11) is 6.67. The number of nitrogens with one attached hydrogen (secondary N) is 1. The Hall–Kier alpha value is -3.90. The topological polar surface area (TPSA) is 187 Å². The first kappa shape index (κ1) is 25.7. The summed E-state index contributed by atoms with van der Waals surface area (Å²) in [5, 5.41) is 29.6. The third kappa shape index (κ3) is 3.29. The van der Waals surface area contributed by atoms with Crippen molar-refractivity contribution in [1.29, 1.82) is 0 Å². The van der Waals surface area contributed by atoms with E-state index in [1.165, 1.54) is 11.1 Å². The van der Waals surface area contributed by atoms with Gasteiger partial charge in [-0.25, -0.2) is 0 Å². The predicted molar refractivity (Wildman–Crippen MR) is 133 cm³/mol. The molecule has 38 heavy (non-hydrogen) atoms. The van der Waals surface area contributed by atoms with Crippen LogP contribution in [0.15, 0.2) is 18.3 Å². The van der Waals surface area contributed by atoms with E-state index >= 15 is 0 Å². The molecule has 1 heterocycles. The number of phenolic OH excluding ortho intramolecular Hbond substituents is 1. The van der Waals surface area contributed by atoms with Gasteiger partial charge >= 0.3 is 0 Å². The summed E-state index contributed by atoms with van der Waals surface area (Å²) < 4.78 is 0. The SMILES string of the molecule is CN(C)c1cc(-c2ccn[nH]2)c(O)c2c1C[C@H]1C[C@H]3[C@H](N(C)C)C(=O)C(C(N)=O)C(=O)[C@@]3(O)C(=O)C1C2=O. The van der Waals surface area contributed by atoms with E-state index in [1.807, 2.05) is 0 Å². The van der Waals surface area contributed by atoms with E-state index in [0.717, 1.165) is 0 Å². The summed E-state index contributed by atoms with van der Waals surface area (Å²) in [6.45, 7) is 0. The van der Waals surface area contributed by atoms with Crippen LogP contribution in [0.5, 0.6) is 5.75 Å². The molecule has 200 valence electrons. The van der Waals surface area contributed by atoms with Gasteiger partial charge in [-0.3, -0.25) is 34.0 Å². The zero-order valence-electron chi connectivity index (χ0n) is 21.4. The molecule has 3 aliphatic rings. The third-order valence-corrected chi connectivity index (χ3v) is 8.31. The molecule has 2 saturated carbocycles. The lowest BCUT2D eigenvalue weighted by atomic mass is 9.52. The number of amides is 1. The fourth-order valence-electron chi connectivity index (χ4n) is 6.66. The molecule has 0 radical (unpaired) electrons. The summed E-state index contributed by atoms with van der Waals surface area (Å²) >= 11 is 0. The number of likely N-dealkylation sites (N-methyl/N-ethyl adjacent to an activating group) is 1. The summed E-state index contributed by atoms with van der Waals surface area (Å²) in [6, 6.07) is 2.21. The lowest BCUT2D eigenvalue weighted by Crippen LogP contribution is -2.74. The zero-order chi connectivity index (χ0) is 27.8. The second kappa shape index (κ2) is 8.57. The summed E-state index contributed by atoms with van der Waals surface area (Å²) in [6.07, 6.45) is 1.68. The van der Waals surface area contributed by atoms with Crippen LogP contribution in [0, 0.1) is 23.7 Å². The minimum atomic E-state index is -2.75. The molecule has 0 saturated heterocycles. The van der Waals surface area contributed by atoms with Crippen LogP contribution in [0.1, 0.15) is 22.3 Å². The fraction of sp³-hybridized carbons (Fsp3) is 0.462. The van der Waals surface area contributed by atoms with Crippen LogP contribution in [0.2, 0.25) is 0 Å². The summed E-state index contributed by atoms with van der Waals surface area (Å²) in [4.78, 5) is 69.8. The van der Waals surface area contributed by atoms with Crippen LogP contribution in [0.25, 0.3) is 11.3 Å². The molecule has 5 rings (SSSR count). The molecule has 1 aromatic heterocycles. The van der Waals surface area contributed by atoms with Crippen molar-refractivity contribution in [3.63, 3.8) is 0 Å². The number of Topliss-reactive ketones (excluding diaryl/α,β-unsaturated/α-hetero) is 4. The standard InChI is InChI=1S/C26H29N5O7/c1-30(2)15-9-11(14-5-6-28-29-14)20(32)17-12(15)7-10-8-13-19(31(3)4)22(34)18(25(27)37)24(36)26(13,38)23(35)16(10)21(17)33/h5-6,9-10,13,16,18-19,32,38H,7-8H2,1-4H3,(H2,27,37)(H,28,29)/t10-,13-,16?,18?,19-,26-/m0/s1. The van der Waals surface area contributed by atoms with Crippen molar-refractivity contribution >= 4 is 34.7 Å². The van der Waals surface area contributed by atoms with Crippen molar-refractivity contribution in [2.24, 2.45) is 29.4 Å². The van der Waals surface area contributed by atoms with Gasteiger partial charge in [-0.15, -0.1) is 0 Å². The van der Waals surface area contributed by atoms with E-state index < -0.39 is 64.4 Å². The van der Waals surface area contributed by atoms with E-state index in [1.54, 1.807) is 45.2 Å². The Kier molecular flexibility index (Phi) is 5.80. The monoisotopic (exact) mass is 523 g/mol. The number of benzene rings is 1. The smallest absolute Gasteiger partial charge is 0.235 e. The average Bonchev–Trinajstić information content (AvgIpc) is 3.35. The number of ketones is 4. The number of hydrogen-bond donors (Lipinski definition) is 4. The molecule has 12 heteroatoms. The molecule has 2 aromatic rings. The van der Waals surface area contributed by atoms with Gasteiger partial charge in [0.25, 0.3) is 0 Å². The number of phenols is 1. The van der Waals surface area contributed by atoms with E-state index in [0.29, 0.717) is 22.5 Å². The molecule has 1 aromatic carbocycles. The summed E-state index contributed by atoms with van der Waals surface area (Å²) in [5.41, 5.74) is 4.48. The van der Waals surface area contributed by atoms with Gasteiger partial charge in [-0.1, -0.05) is 0 Å². The van der Waals surface area contributed by atoms with Gasteiger partial charge in [0, 0.05) is 37.5 Å². The molecule has 12 nitrogen and oxygen atoms in total. The zero-order valence-corrected chi connectivity index (χ0v) is 21.4. The quantitative estimate of drug-likeness (QED) is 0.374. The highest BCUT2D eigenvalue weighted by Crippen LogP contribution is 2.52. The van der Waals surface area contributed by atoms with E-state index in [2.05, 4.69) is 10.2 Å². The van der Waals surface area contributed by atoms with Gasteiger partial charge in [0.15, 0.2) is 34.7 Å². The lowest BCUT2D eigenvalue weighted by molar-refractivity contribution is -0.181. The summed E-state index contributed by atoms with van der Waals surface area (Å²) in [5.74, 6) is -10.7. The highest BCUT2D eigenvalue weighted by Gasteiger charge is 2.69. The van der Waals surface area contributed by atoms with Crippen molar-refractivity contribution in [2.75, 3.05) is 33.1 Å². The molecule has 2 unspecified atom stereocenters. The van der Waals surface area contributed by atoms with Gasteiger partial charge in [0.1, 0.15) is 5.75 Å². The van der Waals surface area contributed by atoms with Crippen LogP contribution in [0.4, 0.5) is 5.69 Å². The molecule has 5 N–H and O–H groups in total. The molecule has 1 amide bonds. The number of rotatable bonds is 4. The molecular formula is C26H29N5O7. The molecule has 0 aliphatic heterocycles. The van der Waals surface area contributed by atoms with Crippen LogP contribution in [-0.2, 0) is 25.6 Å². The lowest BCUT2D eigenvalue weighted by Gasteiger charge is -2.52. The number of aromatic amines is 1. The Balaban J connectivity index is 1.69. The maximum absolute atomic E-state index is 14.0. The number of nitrogens with two attached hydrogens (primary N) is 1. The number of carbonyl (C=O) groups is 5. The van der Waals surface area contributed by atoms with Crippen molar-refractivity contribution in [3.05, 3.63) is 29.5 Å². The first-order valence-corrected chi connectivity index (χ1v) is 12.2. The molecule has 0 bridgehead atoms. The van der Waals surface area contributed by atoms with Gasteiger partial charge in [-0.05, 0) is 50.6 Å². The van der Waals surface area contributed by atoms with Crippen LogP contribution in [0.3, 0.4) is 0 Å². The van der Waals surface area contributed by atoms with Crippen molar-refractivity contribution in [2.45, 2.75) is 24.5 Å². The highest BCUT2D eigenvalue weighted by atomic mass is 16.3. The number of fused-ring (bicyclic) bond motifs is 3. The molecule has 3 aliphatic carbocycles. The van der Waals surface area contributed by atoms with Crippen molar-refractivity contribution in [1.82, 2.24) is 15.1 Å². The minimum absolute atomic E-state index is 0.000173. The van der Waals surface area contributed by atoms with Gasteiger partial charge in [-0.2, -0.15) is 5.10 Å².